The minimum Gasteiger partial charge on any atom is -0.393 e. The van der Waals surface area contributed by atoms with Gasteiger partial charge in [0.1, 0.15) is 6.10 Å². The lowest BCUT2D eigenvalue weighted by molar-refractivity contribution is -0.122. The zero-order valence-electron chi connectivity index (χ0n) is 6.66. The summed E-state index contributed by atoms with van der Waals surface area (Å²) in [6.45, 7) is 4.85. The summed E-state index contributed by atoms with van der Waals surface area (Å²) < 4.78 is 0. The molecule has 0 aromatic heterocycles. The van der Waals surface area contributed by atoms with Crippen molar-refractivity contribution < 1.29 is 15.0 Å². The highest BCUT2D eigenvalue weighted by Crippen LogP contribution is 2.02. The highest BCUT2D eigenvalue weighted by atomic mass is 16.3. The van der Waals surface area contributed by atoms with Crippen molar-refractivity contribution in [3.05, 3.63) is 12.7 Å². The minimum absolute atomic E-state index is 0.294. The molecule has 11 heavy (non-hydrogen) atoms. The monoisotopic (exact) mass is 158 g/mol. The molecule has 0 spiro atoms. The largest absolute Gasteiger partial charge is 0.393 e. The van der Waals surface area contributed by atoms with Crippen LogP contribution >= 0.6 is 0 Å². The lowest BCUT2D eigenvalue weighted by Gasteiger charge is -2.07. The maximum absolute atomic E-state index is 10.7. The second-order valence-corrected chi connectivity index (χ2v) is 2.55. The molecule has 64 valence electrons. The number of carbonyl (C=O) groups excluding carboxylic acids is 1. The number of ketones is 1. The van der Waals surface area contributed by atoms with Crippen LogP contribution in [0.5, 0.6) is 0 Å². The van der Waals surface area contributed by atoms with Gasteiger partial charge in [0.2, 0.25) is 0 Å². The Hall–Kier alpha value is -0.670. The first-order valence-corrected chi connectivity index (χ1v) is 3.60. The molecule has 0 rings (SSSR count). The van der Waals surface area contributed by atoms with Crippen LogP contribution in [-0.2, 0) is 4.79 Å². The molecule has 0 aromatic carbocycles. The SMILES string of the molecule is C=CC(=O)C(O)CCC(C)O. The topological polar surface area (TPSA) is 57.5 Å². The van der Waals surface area contributed by atoms with E-state index in [0.29, 0.717) is 12.8 Å². The zero-order valence-corrected chi connectivity index (χ0v) is 6.66. The summed E-state index contributed by atoms with van der Waals surface area (Å²) in [7, 11) is 0. The standard InChI is InChI=1S/C8H14O3/c1-3-7(10)8(11)5-4-6(2)9/h3,6,8-9,11H,1,4-5H2,2H3. The van der Waals surface area contributed by atoms with Gasteiger partial charge in [-0.15, -0.1) is 0 Å². The third-order valence-electron chi connectivity index (χ3n) is 1.39. The average Bonchev–Trinajstić information content (AvgIpc) is 1.98. The second-order valence-electron chi connectivity index (χ2n) is 2.55. The van der Waals surface area contributed by atoms with Crippen LogP contribution in [0, 0.1) is 0 Å². The van der Waals surface area contributed by atoms with Crippen molar-refractivity contribution in [1.29, 1.82) is 0 Å². The van der Waals surface area contributed by atoms with Crippen molar-refractivity contribution in [2.24, 2.45) is 0 Å². The molecule has 0 aromatic rings. The van der Waals surface area contributed by atoms with Crippen molar-refractivity contribution in [3.8, 4) is 0 Å². The summed E-state index contributed by atoms with van der Waals surface area (Å²) in [5.74, 6) is -0.384. The van der Waals surface area contributed by atoms with Gasteiger partial charge < -0.3 is 10.2 Å². The lowest BCUT2D eigenvalue weighted by Crippen LogP contribution is -2.19. The molecule has 0 fully saturated rings. The Kier molecular flexibility index (Phi) is 4.74. The Labute approximate surface area is 66.4 Å². The van der Waals surface area contributed by atoms with E-state index >= 15 is 0 Å². The molecule has 0 heterocycles. The summed E-state index contributed by atoms with van der Waals surface area (Å²) in [5, 5.41) is 17.8. The van der Waals surface area contributed by atoms with E-state index in [1.54, 1.807) is 6.92 Å². The predicted octanol–water partition coefficient (Wildman–Crippen LogP) is 0.263. The first-order valence-electron chi connectivity index (χ1n) is 3.60. The smallest absolute Gasteiger partial charge is 0.183 e. The van der Waals surface area contributed by atoms with E-state index in [4.69, 9.17) is 10.2 Å². The van der Waals surface area contributed by atoms with Gasteiger partial charge in [-0.3, -0.25) is 4.79 Å². The minimum atomic E-state index is -0.998. The Morgan fingerprint density at radius 2 is 2.09 bits per heavy atom. The summed E-state index contributed by atoms with van der Waals surface area (Å²) in [6, 6.07) is 0. The zero-order chi connectivity index (χ0) is 8.85. The van der Waals surface area contributed by atoms with Crippen LogP contribution < -0.4 is 0 Å². The predicted molar refractivity (Wildman–Crippen MR) is 42.1 cm³/mol. The Balaban J connectivity index is 3.60. The van der Waals surface area contributed by atoms with E-state index in [2.05, 4.69) is 6.58 Å². The fourth-order valence-corrected chi connectivity index (χ4v) is 0.677. The third-order valence-corrected chi connectivity index (χ3v) is 1.39. The van der Waals surface area contributed by atoms with Crippen molar-refractivity contribution in [2.75, 3.05) is 0 Å². The molecular formula is C8H14O3. The number of aliphatic hydroxyl groups is 2. The van der Waals surface area contributed by atoms with Gasteiger partial charge in [0, 0.05) is 0 Å². The molecule has 2 unspecified atom stereocenters. The van der Waals surface area contributed by atoms with Crippen LogP contribution in [0.1, 0.15) is 19.8 Å². The van der Waals surface area contributed by atoms with Crippen LogP contribution in [0.25, 0.3) is 0 Å². The van der Waals surface area contributed by atoms with Gasteiger partial charge in [-0.2, -0.15) is 0 Å². The van der Waals surface area contributed by atoms with E-state index < -0.39 is 12.2 Å². The highest BCUT2D eigenvalue weighted by molar-refractivity contribution is 5.92. The number of hydrogen-bond acceptors (Lipinski definition) is 3. The lowest BCUT2D eigenvalue weighted by atomic mass is 10.1. The Morgan fingerprint density at radius 1 is 1.55 bits per heavy atom. The Morgan fingerprint density at radius 3 is 2.45 bits per heavy atom. The van der Waals surface area contributed by atoms with Gasteiger partial charge in [0.05, 0.1) is 6.10 Å². The van der Waals surface area contributed by atoms with Gasteiger partial charge in [-0.1, -0.05) is 6.58 Å². The normalized spacial score (nSPS) is 15.5. The molecule has 0 aliphatic carbocycles. The van der Waals surface area contributed by atoms with Gasteiger partial charge in [-0.05, 0) is 25.8 Å². The van der Waals surface area contributed by atoms with Crippen LogP contribution in [0.2, 0.25) is 0 Å². The summed E-state index contributed by atoms with van der Waals surface area (Å²) in [4.78, 5) is 10.7. The van der Waals surface area contributed by atoms with Gasteiger partial charge in [0.15, 0.2) is 5.78 Å². The van der Waals surface area contributed by atoms with E-state index in [1.165, 1.54) is 0 Å². The van der Waals surface area contributed by atoms with E-state index in [1.807, 2.05) is 0 Å². The molecule has 3 nitrogen and oxygen atoms in total. The van der Waals surface area contributed by atoms with Crippen molar-refractivity contribution in [3.63, 3.8) is 0 Å². The molecule has 2 N–H and O–H groups in total. The van der Waals surface area contributed by atoms with Crippen molar-refractivity contribution >= 4 is 5.78 Å². The van der Waals surface area contributed by atoms with Crippen LogP contribution in [0.4, 0.5) is 0 Å². The fraction of sp³-hybridized carbons (Fsp3) is 0.625. The molecular weight excluding hydrogens is 144 g/mol. The van der Waals surface area contributed by atoms with Crippen molar-refractivity contribution in [1.82, 2.24) is 0 Å². The molecule has 2 atom stereocenters. The van der Waals surface area contributed by atoms with Crippen molar-refractivity contribution in [2.45, 2.75) is 32.0 Å². The quantitative estimate of drug-likeness (QED) is 0.564. The summed E-state index contributed by atoms with van der Waals surface area (Å²) in [5.41, 5.74) is 0. The number of rotatable bonds is 5. The maximum atomic E-state index is 10.7. The van der Waals surface area contributed by atoms with E-state index in [0.717, 1.165) is 6.08 Å². The van der Waals surface area contributed by atoms with Crippen LogP contribution in [0.3, 0.4) is 0 Å². The van der Waals surface area contributed by atoms with E-state index in [-0.39, 0.29) is 5.78 Å². The molecule has 0 bridgehead atoms. The van der Waals surface area contributed by atoms with Gasteiger partial charge in [-0.25, -0.2) is 0 Å². The van der Waals surface area contributed by atoms with Crippen LogP contribution in [0.15, 0.2) is 12.7 Å². The van der Waals surface area contributed by atoms with Crippen LogP contribution in [-0.4, -0.2) is 28.2 Å². The summed E-state index contributed by atoms with van der Waals surface area (Å²) >= 11 is 0. The maximum Gasteiger partial charge on any atom is 0.183 e. The Bertz CT molecular complexity index is 140. The van der Waals surface area contributed by atoms with E-state index in [9.17, 15) is 4.79 Å². The number of carbonyl (C=O) groups is 1. The number of aliphatic hydroxyl groups excluding tert-OH is 2. The average molecular weight is 158 g/mol. The number of hydrogen-bond donors (Lipinski definition) is 2. The second kappa shape index (κ2) is 5.04. The van der Waals surface area contributed by atoms with Gasteiger partial charge in [0.25, 0.3) is 0 Å². The molecule has 0 amide bonds. The molecule has 3 heteroatoms. The highest BCUT2D eigenvalue weighted by Gasteiger charge is 2.11. The third kappa shape index (κ3) is 4.70. The molecule has 0 saturated heterocycles. The fourth-order valence-electron chi connectivity index (χ4n) is 0.677. The molecule has 0 radical (unpaired) electrons. The van der Waals surface area contributed by atoms with Gasteiger partial charge >= 0.3 is 0 Å². The molecule has 0 aliphatic rings. The molecule has 0 saturated carbocycles. The molecule has 0 aliphatic heterocycles. The first-order chi connectivity index (χ1) is 5.07. The first kappa shape index (κ1) is 10.3. The summed E-state index contributed by atoms with van der Waals surface area (Å²) in [6.07, 6.45) is 0.347.